The summed E-state index contributed by atoms with van der Waals surface area (Å²) < 4.78 is 1.81. The van der Waals surface area contributed by atoms with Crippen LogP contribution in [0.1, 0.15) is 42.4 Å². The molecule has 1 atom stereocenters. The number of nitrogens with zero attached hydrogens (tertiary/aromatic N) is 3. The highest BCUT2D eigenvalue weighted by molar-refractivity contribution is 5.93. The Morgan fingerprint density at radius 3 is 3.00 bits per heavy atom. The molecule has 0 spiro atoms. The molecule has 2 heterocycles. The Labute approximate surface area is 115 Å². The van der Waals surface area contributed by atoms with Gasteiger partial charge < -0.3 is 10.2 Å². The van der Waals surface area contributed by atoms with Crippen molar-refractivity contribution in [2.75, 3.05) is 20.1 Å². The lowest BCUT2D eigenvalue weighted by Crippen LogP contribution is -2.48. The molecular formula is C14H24N4O. The third kappa shape index (κ3) is 2.97. The molecular weight excluding hydrogens is 240 g/mol. The molecule has 0 radical (unpaired) electrons. The molecule has 0 bridgehead atoms. The Morgan fingerprint density at radius 1 is 1.53 bits per heavy atom. The van der Waals surface area contributed by atoms with Crippen LogP contribution in [-0.4, -0.2) is 46.8 Å². The van der Waals surface area contributed by atoms with Crippen LogP contribution in [0, 0.1) is 6.92 Å². The van der Waals surface area contributed by atoms with E-state index in [1.807, 2.05) is 36.5 Å². The second kappa shape index (κ2) is 6.19. The van der Waals surface area contributed by atoms with E-state index in [0.29, 0.717) is 6.04 Å². The zero-order valence-electron chi connectivity index (χ0n) is 12.1. The summed E-state index contributed by atoms with van der Waals surface area (Å²) in [5, 5.41) is 7.56. The third-order valence-electron chi connectivity index (χ3n) is 3.75. The van der Waals surface area contributed by atoms with Crippen LogP contribution in [0.2, 0.25) is 0 Å². The monoisotopic (exact) mass is 264 g/mol. The van der Waals surface area contributed by atoms with Gasteiger partial charge in [0.05, 0.1) is 5.69 Å². The summed E-state index contributed by atoms with van der Waals surface area (Å²) in [6.07, 6.45) is 3.40. The molecule has 1 fully saturated rings. The van der Waals surface area contributed by atoms with Crippen molar-refractivity contribution in [1.82, 2.24) is 20.0 Å². The maximum absolute atomic E-state index is 12.7. The van der Waals surface area contributed by atoms with Gasteiger partial charge in [-0.05, 0) is 46.2 Å². The number of aryl methyl sites for hydroxylation is 2. The molecule has 0 aliphatic carbocycles. The van der Waals surface area contributed by atoms with Crippen LogP contribution in [0.15, 0.2) is 6.07 Å². The zero-order chi connectivity index (χ0) is 13.8. The number of amides is 1. The number of likely N-dealkylation sites (N-methyl/N-ethyl adjacent to an activating group) is 1. The predicted octanol–water partition coefficient (Wildman–Crippen LogP) is 1.43. The first-order valence-electron chi connectivity index (χ1n) is 7.17. The molecule has 1 amide bonds. The second-order valence-corrected chi connectivity index (χ2v) is 5.19. The van der Waals surface area contributed by atoms with Crippen molar-refractivity contribution in [3.63, 3.8) is 0 Å². The average Bonchev–Trinajstić information content (AvgIpc) is 2.80. The van der Waals surface area contributed by atoms with Crippen molar-refractivity contribution in [2.24, 2.45) is 0 Å². The van der Waals surface area contributed by atoms with Crippen LogP contribution in [0.3, 0.4) is 0 Å². The van der Waals surface area contributed by atoms with E-state index in [9.17, 15) is 4.79 Å². The van der Waals surface area contributed by atoms with E-state index < -0.39 is 0 Å². The van der Waals surface area contributed by atoms with Crippen molar-refractivity contribution in [3.05, 3.63) is 17.5 Å². The molecule has 1 aliphatic rings. The van der Waals surface area contributed by atoms with Crippen LogP contribution in [0.5, 0.6) is 0 Å². The summed E-state index contributed by atoms with van der Waals surface area (Å²) in [6.45, 7) is 6.41. The van der Waals surface area contributed by atoms with Gasteiger partial charge in [-0.2, -0.15) is 5.10 Å². The minimum Gasteiger partial charge on any atom is -0.333 e. The number of likely N-dealkylation sites (tertiary alicyclic amines) is 1. The van der Waals surface area contributed by atoms with Gasteiger partial charge in [0.25, 0.3) is 5.91 Å². The molecule has 1 aromatic rings. The molecule has 2 rings (SSSR count). The Morgan fingerprint density at radius 2 is 2.32 bits per heavy atom. The predicted molar refractivity (Wildman–Crippen MR) is 75.2 cm³/mol. The molecule has 19 heavy (non-hydrogen) atoms. The third-order valence-corrected chi connectivity index (χ3v) is 3.75. The first-order valence-corrected chi connectivity index (χ1v) is 7.17. The number of hydrogen-bond donors (Lipinski definition) is 1. The van der Waals surface area contributed by atoms with Gasteiger partial charge in [-0.25, -0.2) is 0 Å². The van der Waals surface area contributed by atoms with Gasteiger partial charge in [-0.3, -0.25) is 9.48 Å². The second-order valence-electron chi connectivity index (χ2n) is 5.19. The highest BCUT2D eigenvalue weighted by atomic mass is 16.2. The molecule has 1 saturated heterocycles. The number of carbonyl (C=O) groups is 1. The van der Waals surface area contributed by atoms with E-state index >= 15 is 0 Å². The van der Waals surface area contributed by atoms with Gasteiger partial charge in [0.2, 0.25) is 0 Å². The maximum Gasteiger partial charge on any atom is 0.272 e. The SMILES string of the molecule is CCn1nc(C)cc1C(=O)N1CCCCC1CNC. The summed E-state index contributed by atoms with van der Waals surface area (Å²) in [7, 11) is 1.94. The lowest BCUT2D eigenvalue weighted by Gasteiger charge is -2.35. The standard InChI is InChI=1S/C14H24N4O/c1-4-18-13(9-11(2)16-18)14(19)17-8-6-5-7-12(17)10-15-3/h9,12,15H,4-8,10H2,1-3H3. The van der Waals surface area contributed by atoms with Gasteiger partial charge in [0, 0.05) is 25.7 Å². The number of nitrogens with one attached hydrogen (secondary N) is 1. The minimum absolute atomic E-state index is 0.127. The topological polar surface area (TPSA) is 50.2 Å². The number of rotatable bonds is 4. The highest BCUT2D eigenvalue weighted by Gasteiger charge is 2.28. The van der Waals surface area contributed by atoms with Crippen molar-refractivity contribution in [2.45, 2.75) is 45.7 Å². The fourth-order valence-electron chi connectivity index (χ4n) is 2.82. The molecule has 0 saturated carbocycles. The fraction of sp³-hybridized carbons (Fsp3) is 0.714. The first kappa shape index (κ1) is 14.1. The van der Waals surface area contributed by atoms with Crippen LogP contribution in [0.25, 0.3) is 0 Å². The summed E-state index contributed by atoms with van der Waals surface area (Å²) >= 11 is 0. The maximum atomic E-state index is 12.7. The molecule has 1 aromatic heterocycles. The van der Waals surface area contributed by atoms with Crippen molar-refractivity contribution in [1.29, 1.82) is 0 Å². The molecule has 106 valence electrons. The molecule has 1 unspecified atom stereocenters. The normalized spacial score (nSPS) is 19.7. The van der Waals surface area contributed by atoms with E-state index in [4.69, 9.17) is 0 Å². The van der Waals surface area contributed by atoms with Crippen molar-refractivity contribution >= 4 is 5.91 Å². The molecule has 1 aliphatic heterocycles. The number of hydrogen-bond acceptors (Lipinski definition) is 3. The fourth-order valence-corrected chi connectivity index (χ4v) is 2.82. The van der Waals surface area contributed by atoms with Gasteiger partial charge in [0.15, 0.2) is 0 Å². The number of carbonyl (C=O) groups excluding carboxylic acids is 1. The molecule has 5 heteroatoms. The Bertz CT molecular complexity index is 439. The zero-order valence-corrected chi connectivity index (χ0v) is 12.1. The smallest absolute Gasteiger partial charge is 0.272 e. The van der Waals surface area contributed by atoms with E-state index in [0.717, 1.165) is 43.9 Å². The molecule has 5 nitrogen and oxygen atoms in total. The Hall–Kier alpha value is -1.36. The van der Waals surface area contributed by atoms with Crippen molar-refractivity contribution < 1.29 is 4.79 Å². The quantitative estimate of drug-likeness (QED) is 0.895. The number of piperidine rings is 1. The molecule has 0 aromatic carbocycles. The largest absolute Gasteiger partial charge is 0.333 e. The summed E-state index contributed by atoms with van der Waals surface area (Å²) in [4.78, 5) is 14.7. The van der Waals surface area contributed by atoms with Gasteiger partial charge in [-0.1, -0.05) is 0 Å². The van der Waals surface area contributed by atoms with E-state index in [2.05, 4.69) is 10.4 Å². The lowest BCUT2D eigenvalue weighted by molar-refractivity contribution is 0.0602. The van der Waals surface area contributed by atoms with E-state index in [-0.39, 0.29) is 5.91 Å². The van der Waals surface area contributed by atoms with Gasteiger partial charge in [-0.15, -0.1) is 0 Å². The minimum atomic E-state index is 0.127. The van der Waals surface area contributed by atoms with Crippen LogP contribution in [-0.2, 0) is 6.54 Å². The highest BCUT2D eigenvalue weighted by Crippen LogP contribution is 2.19. The van der Waals surface area contributed by atoms with Crippen LogP contribution in [0.4, 0.5) is 0 Å². The Balaban J connectivity index is 2.20. The summed E-state index contributed by atoms with van der Waals surface area (Å²) in [6, 6.07) is 2.21. The van der Waals surface area contributed by atoms with Crippen LogP contribution >= 0.6 is 0 Å². The average molecular weight is 264 g/mol. The number of aromatic nitrogens is 2. The summed E-state index contributed by atoms with van der Waals surface area (Å²) in [5.74, 6) is 0.127. The van der Waals surface area contributed by atoms with Gasteiger partial charge >= 0.3 is 0 Å². The lowest BCUT2D eigenvalue weighted by atomic mass is 10.0. The van der Waals surface area contributed by atoms with E-state index in [1.54, 1.807) is 0 Å². The van der Waals surface area contributed by atoms with E-state index in [1.165, 1.54) is 6.42 Å². The van der Waals surface area contributed by atoms with Crippen LogP contribution < -0.4 is 5.32 Å². The van der Waals surface area contributed by atoms with Gasteiger partial charge in [0.1, 0.15) is 5.69 Å². The van der Waals surface area contributed by atoms with Crippen molar-refractivity contribution in [3.8, 4) is 0 Å². The first-order chi connectivity index (χ1) is 9.17. The molecule has 1 N–H and O–H groups in total. The summed E-state index contributed by atoms with van der Waals surface area (Å²) in [5.41, 5.74) is 1.63. The Kier molecular flexibility index (Phi) is 4.58.